The van der Waals surface area contributed by atoms with Crippen LogP contribution in [0.2, 0.25) is 0 Å². The molecule has 21 heavy (non-hydrogen) atoms. The molecule has 2 rings (SSSR count). The second-order valence-electron chi connectivity index (χ2n) is 4.41. The van der Waals surface area contributed by atoms with Gasteiger partial charge in [0.25, 0.3) is 0 Å². The second-order valence-corrected chi connectivity index (χ2v) is 4.41. The Bertz CT molecular complexity index is 617. The van der Waals surface area contributed by atoms with Crippen LogP contribution in [0.1, 0.15) is 19.4 Å². The molecular weight excluding hydrogens is 268 g/mol. The number of rotatable bonds is 6. The minimum Gasteiger partial charge on any atom is -0.494 e. The molecule has 0 radical (unpaired) electrons. The Labute approximate surface area is 124 Å². The maximum Gasteiger partial charge on any atom is 0.221 e. The van der Waals surface area contributed by atoms with Crippen LogP contribution in [0.5, 0.6) is 11.5 Å². The number of aromatic nitrogens is 2. The Morgan fingerprint density at radius 1 is 1.19 bits per heavy atom. The third-order valence-corrected chi connectivity index (χ3v) is 2.81. The highest BCUT2D eigenvalue weighted by atomic mass is 16.5. The number of nitrogens with zero attached hydrogens (tertiary/aromatic N) is 2. The van der Waals surface area contributed by atoms with Gasteiger partial charge in [0.15, 0.2) is 0 Å². The molecule has 1 aromatic heterocycles. The zero-order chi connectivity index (χ0) is 15.2. The van der Waals surface area contributed by atoms with Crippen LogP contribution in [-0.4, -0.2) is 23.2 Å². The van der Waals surface area contributed by atoms with Gasteiger partial charge in [-0.3, -0.25) is 0 Å². The summed E-state index contributed by atoms with van der Waals surface area (Å²) in [6.45, 7) is 6.97. The first kappa shape index (κ1) is 14.9. The van der Waals surface area contributed by atoms with Gasteiger partial charge in [0, 0.05) is 17.8 Å². The van der Waals surface area contributed by atoms with Gasteiger partial charge in [-0.25, -0.2) is 4.98 Å². The van der Waals surface area contributed by atoms with Crippen LogP contribution in [0.25, 0.3) is 0 Å². The molecule has 112 valence electrons. The lowest BCUT2D eigenvalue weighted by Crippen LogP contribution is -2.04. The molecule has 0 spiro atoms. The predicted octanol–water partition coefficient (Wildman–Crippen LogP) is 2.91. The first-order valence-electron chi connectivity index (χ1n) is 6.89. The summed E-state index contributed by atoms with van der Waals surface area (Å²) in [7, 11) is 0. The number of aryl methyl sites for hydroxylation is 1. The van der Waals surface area contributed by atoms with E-state index in [1.165, 1.54) is 0 Å². The minimum atomic E-state index is 0.224. The molecule has 0 amide bonds. The normalized spacial score (nSPS) is 10.2. The molecule has 0 aliphatic rings. The fraction of sp³-hybridized carbons (Fsp3) is 0.333. The lowest BCUT2D eigenvalue weighted by molar-refractivity contribution is 0.332. The lowest BCUT2D eigenvalue weighted by atomic mass is 10.2. The Hall–Kier alpha value is -2.50. The van der Waals surface area contributed by atoms with Gasteiger partial charge in [-0.1, -0.05) is 0 Å². The zero-order valence-corrected chi connectivity index (χ0v) is 12.5. The van der Waals surface area contributed by atoms with Crippen molar-refractivity contribution in [2.75, 3.05) is 24.3 Å². The molecule has 0 bridgehead atoms. The first-order chi connectivity index (χ1) is 10.1. The van der Waals surface area contributed by atoms with Gasteiger partial charge < -0.3 is 20.5 Å². The van der Waals surface area contributed by atoms with E-state index in [0.29, 0.717) is 19.0 Å². The standard InChI is InChI=1S/C15H20N4O2/c1-4-20-11-6-7-13(21-5-2)12(8-11)18-14-10(3)9-17-15(16)19-14/h6-9H,4-5H2,1-3H3,(H3,16,17,18,19). The largest absolute Gasteiger partial charge is 0.494 e. The van der Waals surface area contributed by atoms with E-state index < -0.39 is 0 Å². The maximum absolute atomic E-state index is 5.64. The number of hydrogen-bond donors (Lipinski definition) is 2. The predicted molar refractivity (Wildman–Crippen MR) is 83.2 cm³/mol. The molecule has 6 heteroatoms. The van der Waals surface area contributed by atoms with Crippen LogP contribution in [0, 0.1) is 6.92 Å². The average Bonchev–Trinajstić information content (AvgIpc) is 2.46. The summed E-state index contributed by atoms with van der Waals surface area (Å²) >= 11 is 0. The number of nitrogens with two attached hydrogens (primary N) is 1. The SMILES string of the molecule is CCOc1ccc(OCC)c(Nc2nc(N)ncc2C)c1. The minimum absolute atomic E-state index is 0.224. The molecule has 2 aromatic rings. The Morgan fingerprint density at radius 2 is 1.95 bits per heavy atom. The van der Waals surface area contributed by atoms with Gasteiger partial charge in [0.05, 0.1) is 18.9 Å². The van der Waals surface area contributed by atoms with Gasteiger partial charge in [0.1, 0.15) is 17.3 Å². The van der Waals surface area contributed by atoms with Crippen LogP contribution in [0.3, 0.4) is 0 Å². The summed E-state index contributed by atoms with van der Waals surface area (Å²) in [6.07, 6.45) is 1.68. The van der Waals surface area contributed by atoms with E-state index in [1.807, 2.05) is 39.0 Å². The van der Waals surface area contributed by atoms with Crippen molar-refractivity contribution in [2.45, 2.75) is 20.8 Å². The zero-order valence-electron chi connectivity index (χ0n) is 12.5. The Balaban J connectivity index is 2.35. The van der Waals surface area contributed by atoms with Crippen LogP contribution in [-0.2, 0) is 0 Å². The third-order valence-electron chi connectivity index (χ3n) is 2.81. The van der Waals surface area contributed by atoms with E-state index >= 15 is 0 Å². The van der Waals surface area contributed by atoms with Crippen molar-refractivity contribution in [1.82, 2.24) is 9.97 Å². The fourth-order valence-corrected chi connectivity index (χ4v) is 1.85. The van der Waals surface area contributed by atoms with Crippen molar-refractivity contribution in [1.29, 1.82) is 0 Å². The van der Waals surface area contributed by atoms with Crippen LogP contribution < -0.4 is 20.5 Å². The highest BCUT2D eigenvalue weighted by Crippen LogP contribution is 2.32. The Kier molecular flexibility index (Phi) is 4.81. The first-order valence-corrected chi connectivity index (χ1v) is 6.89. The van der Waals surface area contributed by atoms with Crippen molar-refractivity contribution < 1.29 is 9.47 Å². The molecule has 0 atom stereocenters. The molecule has 6 nitrogen and oxygen atoms in total. The van der Waals surface area contributed by atoms with Crippen molar-refractivity contribution >= 4 is 17.5 Å². The quantitative estimate of drug-likeness (QED) is 0.850. The van der Waals surface area contributed by atoms with E-state index in [1.54, 1.807) is 6.20 Å². The molecule has 0 aliphatic heterocycles. The van der Waals surface area contributed by atoms with Crippen LogP contribution in [0.15, 0.2) is 24.4 Å². The van der Waals surface area contributed by atoms with E-state index in [2.05, 4.69) is 15.3 Å². The van der Waals surface area contributed by atoms with Crippen molar-refractivity contribution in [3.05, 3.63) is 30.0 Å². The summed E-state index contributed by atoms with van der Waals surface area (Å²) in [5, 5.41) is 3.23. The number of benzene rings is 1. The van der Waals surface area contributed by atoms with Gasteiger partial charge in [-0.15, -0.1) is 0 Å². The number of anilines is 3. The molecular formula is C15H20N4O2. The topological polar surface area (TPSA) is 82.3 Å². The molecule has 0 unspecified atom stereocenters. The molecule has 0 aliphatic carbocycles. The maximum atomic E-state index is 5.64. The van der Waals surface area contributed by atoms with Crippen LogP contribution >= 0.6 is 0 Å². The van der Waals surface area contributed by atoms with E-state index in [9.17, 15) is 0 Å². The molecule has 1 aromatic carbocycles. The Morgan fingerprint density at radius 3 is 2.67 bits per heavy atom. The monoisotopic (exact) mass is 288 g/mol. The molecule has 0 saturated heterocycles. The summed E-state index contributed by atoms with van der Waals surface area (Å²) in [4.78, 5) is 8.16. The number of nitrogen functional groups attached to an aromatic ring is 1. The molecule has 0 fully saturated rings. The number of nitrogens with one attached hydrogen (secondary N) is 1. The van der Waals surface area contributed by atoms with E-state index in [0.717, 1.165) is 22.7 Å². The average molecular weight is 288 g/mol. The van der Waals surface area contributed by atoms with Gasteiger partial charge in [-0.2, -0.15) is 4.98 Å². The highest BCUT2D eigenvalue weighted by molar-refractivity contribution is 5.68. The van der Waals surface area contributed by atoms with Gasteiger partial charge >= 0.3 is 0 Å². The van der Waals surface area contributed by atoms with Crippen molar-refractivity contribution in [3.63, 3.8) is 0 Å². The van der Waals surface area contributed by atoms with E-state index in [-0.39, 0.29) is 5.95 Å². The smallest absolute Gasteiger partial charge is 0.221 e. The van der Waals surface area contributed by atoms with Gasteiger partial charge in [0.2, 0.25) is 5.95 Å². The third kappa shape index (κ3) is 3.75. The molecule has 0 saturated carbocycles. The highest BCUT2D eigenvalue weighted by Gasteiger charge is 2.09. The number of ether oxygens (including phenoxy) is 2. The summed E-state index contributed by atoms with van der Waals surface area (Å²) in [5.74, 6) is 2.37. The summed E-state index contributed by atoms with van der Waals surface area (Å²) < 4.78 is 11.1. The summed E-state index contributed by atoms with van der Waals surface area (Å²) in [5.41, 5.74) is 7.32. The van der Waals surface area contributed by atoms with Crippen molar-refractivity contribution in [3.8, 4) is 11.5 Å². The van der Waals surface area contributed by atoms with Crippen molar-refractivity contribution in [2.24, 2.45) is 0 Å². The number of hydrogen-bond acceptors (Lipinski definition) is 6. The second kappa shape index (κ2) is 6.78. The fourth-order valence-electron chi connectivity index (χ4n) is 1.85. The summed E-state index contributed by atoms with van der Waals surface area (Å²) in [6, 6.07) is 5.63. The lowest BCUT2D eigenvalue weighted by Gasteiger charge is -2.15. The molecule has 1 heterocycles. The van der Waals surface area contributed by atoms with Gasteiger partial charge in [-0.05, 0) is 32.9 Å². The van der Waals surface area contributed by atoms with E-state index in [4.69, 9.17) is 15.2 Å². The molecule has 3 N–H and O–H groups in total. The van der Waals surface area contributed by atoms with Crippen LogP contribution in [0.4, 0.5) is 17.5 Å².